The van der Waals surface area contributed by atoms with Crippen molar-refractivity contribution in [2.45, 2.75) is 6.92 Å². The van der Waals surface area contributed by atoms with Gasteiger partial charge in [-0.25, -0.2) is 18.7 Å². The zero-order valence-electron chi connectivity index (χ0n) is 13.6. The van der Waals surface area contributed by atoms with Gasteiger partial charge in [-0.05, 0) is 30.7 Å². The Morgan fingerprint density at radius 2 is 2.19 bits per heavy atom. The van der Waals surface area contributed by atoms with Crippen LogP contribution >= 0.6 is 0 Å². The van der Waals surface area contributed by atoms with Crippen molar-refractivity contribution in [1.29, 1.82) is 5.26 Å². The minimum atomic E-state index is -0.960. The lowest BCUT2D eigenvalue weighted by atomic mass is 10.2. The molecule has 0 unspecified atom stereocenters. The Morgan fingerprint density at radius 1 is 1.46 bits per heavy atom. The number of hydrogen-bond acceptors (Lipinski definition) is 7. The van der Waals surface area contributed by atoms with E-state index in [1.165, 1.54) is 6.07 Å². The summed E-state index contributed by atoms with van der Waals surface area (Å²) in [5, 5.41) is 16.2. The molecule has 2 rings (SSSR count). The van der Waals surface area contributed by atoms with Crippen molar-refractivity contribution in [1.82, 2.24) is 9.78 Å². The van der Waals surface area contributed by atoms with Crippen LogP contribution in [0, 0.1) is 17.1 Å². The third-order valence-electron chi connectivity index (χ3n) is 3.17. The van der Waals surface area contributed by atoms with E-state index in [-0.39, 0.29) is 23.6 Å². The van der Waals surface area contributed by atoms with Crippen LogP contribution in [0.4, 0.5) is 10.1 Å². The summed E-state index contributed by atoms with van der Waals surface area (Å²) in [7, 11) is 1.08. The molecular weight excluding hydrogens is 347 g/mol. The molecule has 1 heterocycles. The van der Waals surface area contributed by atoms with E-state index in [4.69, 9.17) is 15.5 Å². The van der Waals surface area contributed by atoms with Crippen LogP contribution in [0.3, 0.4) is 0 Å². The predicted octanol–water partition coefficient (Wildman–Crippen LogP) is 2.79. The molecule has 0 spiro atoms. The van der Waals surface area contributed by atoms with Gasteiger partial charge in [0.2, 0.25) is 0 Å². The molecule has 0 N–H and O–H groups in total. The Morgan fingerprint density at radius 3 is 2.77 bits per heavy atom. The molecule has 0 aliphatic rings. The van der Waals surface area contributed by atoms with Gasteiger partial charge in [-0.2, -0.15) is 10.4 Å². The molecule has 0 saturated carbocycles. The number of aromatic nitrogens is 2. The van der Waals surface area contributed by atoms with Crippen LogP contribution in [-0.2, 0) is 9.47 Å². The molecule has 10 nitrogen and oxygen atoms in total. The highest BCUT2D eigenvalue weighted by Gasteiger charge is 2.29. The standard InChI is InChI=1S/C15H11FN6O4/c1-3-26-14(23)12-11(19-21-18)13(15(24)25-2)22(20-12)9-4-5-10(16)8(6-9)7-17/h4-6H,3H2,1-2H3. The fourth-order valence-electron chi connectivity index (χ4n) is 2.08. The van der Waals surface area contributed by atoms with E-state index in [1.54, 1.807) is 13.0 Å². The third kappa shape index (κ3) is 3.31. The van der Waals surface area contributed by atoms with Crippen molar-refractivity contribution in [3.8, 4) is 11.8 Å². The van der Waals surface area contributed by atoms with Crippen molar-refractivity contribution in [3.63, 3.8) is 0 Å². The highest BCUT2D eigenvalue weighted by atomic mass is 19.1. The lowest BCUT2D eigenvalue weighted by molar-refractivity contribution is 0.0519. The molecule has 1 aromatic carbocycles. The molecule has 0 saturated heterocycles. The quantitative estimate of drug-likeness (QED) is 0.348. The molecular formula is C15H11FN6O4. The smallest absolute Gasteiger partial charge is 0.359 e. The number of carbonyl (C=O) groups excluding carboxylic acids is 2. The van der Waals surface area contributed by atoms with Gasteiger partial charge in [-0.15, -0.1) is 0 Å². The van der Waals surface area contributed by atoms with Crippen molar-refractivity contribution in [3.05, 3.63) is 51.4 Å². The van der Waals surface area contributed by atoms with Gasteiger partial charge in [-0.3, -0.25) is 0 Å². The second kappa shape index (κ2) is 7.78. The molecule has 2 aromatic rings. The van der Waals surface area contributed by atoms with Gasteiger partial charge in [0, 0.05) is 4.91 Å². The van der Waals surface area contributed by atoms with Gasteiger partial charge >= 0.3 is 11.9 Å². The Kier molecular flexibility index (Phi) is 5.52. The number of rotatable bonds is 5. The van der Waals surface area contributed by atoms with Gasteiger partial charge in [0.1, 0.15) is 17.6 Å². The first-order valence-corrected chi connectivity index (χ1v) is 7.12. The predicted molar refractivity (Wildman–Crippen MR) is 84.3 cm³/mol. The Balaban J connectivity index is 2.82. The fraction of sp³-hybridized carbons (Fsp3) is 0.200. The summed E-state index contributed by atoms with van der Waals surface area (Å²) in [6, 6.07) is 4.99. The van der Waals surface area contributed by atoms with Crippen molar-refractivity contribution in [2.75, 3.05) is 13.7 Å². The second-order valence-electron chi connectivity index (χ2n) is 4.64. The summed E-state index contributed by atoms with van der Waals surface area (Å²) < 4.78 is 24.0. The first-order chi connectivity index (χ1) is 12.5. The molecule has 26 heavy (non-hydrogen) atoms. The maximum Gasteiger partial charge on any atom is 0.359 e. The molecule has 0 amide bonds. The monoisotopic (exact) mass is 358 g/mol. The number of benzene rings is 1. The number of carbonyl (C=O) groups is 2. The second-order valence-corrected chi connectivity index (χ2v) is 4.64. The number of esters is 2. The summed E-state index contributed by atoms with van der Waals surface area (Å²) in [4.78, 5) is 26.8. The van der Waals surface area contributed by atoms with Crippen LogP contribution in [0.25, 0.3) is 16.1 Å². The minimum absolute atomic E-state index is 0.0179. The van der Waals surface area contributed by atoms with E-state index in [1.807, 2.05) is 0 Å². The highest BCUT2D eigenvalue weighted by Crippen LogP contribution is 2.29. The lowest BCUT2D eigenvalue weighted by Crippen LogP contribution is -2.11. The van der Waals surface area contributed by atoms with Gasteiger partial charge < -0.3 is 9.47 Å². The Hall–Kier alpha value is -3.90. The SMILES string of the molecule is CCOC(=O)c1nn(-c2ccc(F)c(C#N)c2)c(C(=O)OC)c1N=[N+]=[N-]. The normalized spacial score (nSPS) is 9.77. The van der Waals surface area contributed by atoms with Gasteiger partial charge in [0.05, 0.1) is 25.0 Å². The number of hydrogen-bond donors (Lipinski definition) is 0. The van der Waals surface area contributed by atoms with Gasteiger partial charge in [-0.1, -0.05) is 5.11 Å². The van der Waals surface area contributed by atoms with E-state index >= 15 is 0 Å². The number of azide groups is 1. The summed E-state index contributed by atoms with van der Waals surface area (Å²) in [6.45, 7) is 1.58. The van der Waals surface area contributed by atoms with Crippen LogP contribution < -0.4 is 0 Å². The number of nitriles is 1. The zero-order valence-corrected chi connectivity index (χ0v) is 13.6. The summed E-state index contributed by atoms with van der Waals surface area (Å²) >= 11 is 0. The molecule has 0 fully saturated rings. The average molecular weight is 358 g/mol. The lowest BCUT2D eigenvalue weighted by Gasteiger charge is -2.07. The molecule has 0 atom stereocenters. The topological polar surface area (TPSA) is 143 Å². The Bertz CT molecular complexity index is 971. The molecule has 11 heteroatoms. The maximum atomic E-state index is 13.6. The van der Waals surface area contributed by atoms with Crippen LogP contribution in [0.15, 0.2) is 23.3 Å². The molecule has 0 aliphatic heterocycles. The molecule has 132 valence electrons. The van der Waals surface area contributed by atoms with E-state index in [9.17, 15) is 14.0 Å². The summed E-state index contributed by atoms with van der Waals surface area (Å²) in [5.74, 6) is -2.66. The molecule has 0 aliphatic carbocycles. The third-order valence-corrected chi connectivity index (χ3v) is 3.17. The first-order valence-electron chi connectivity index (χ1n) is 7.12. The average Bonchev–Trinajstić information content (AvgIpc) is 3.01. The van der Waals surface area contributed by atoms with Crippen molar-refractivity contribution >= 4 is 17.6 Å². The van der Waals surface area contributed by atoms with Crippen molar-refractivity contribution in [2.24, 2.45) is 5.11 Å². The Labute approximate surface area is 146 Å². The first kappa shape index (κ1) is 18.4. The zero-order chi connectivity index (χ0) is 19.3. The van der Waals surface area contributed by atoms with E-state index in [0.29, 0.717) is 0 Å². The number of methoxy groups -OCH3 is 1. The van der Waals surface area contributed by atoms with Crippen LogP contribution in [-0.4, -0.2) is 35.4 Å². The number of nitrogens with zero attached hydrogens (tertiary/aromatic N) is 6. The summed E-state index contributed by atoms with van der Waals surface area (Å²) in [5.41, 5.74) is 7.33. The minimum Gasteiger partial charge on any atom is -0.464 e. The molecule has 1 aromatic heterocycles. The van der Waals surface area contributed by atoms with E-state index < -0.39 is 29.1 Å². The van der Waals surface area contributed by atoms with Crippen LogP contribution in [0.2, 0.25) is 0 Å². The number of ether oxygens (including phenoxy) is 2. The van der Waals surface area contributed by atoms with Crippen molar-refractivity contribution < 1.29 is 23.5 Å². The van der Waals surface area contributed by atoms with Crippen LogP contribution in [0.1, 0.15) is 33.5 Å². The number of halogens is 1. The molecule has 0 bridgehead atoms. The van der Waals surface area contributed by atoms with Crippen LogP contribution in [0.5, 0.6) is 0 Å². The van der Waals surface area contributed by atoms with Gasteiger partial charge in [0.15, 0.2) is 11.4 Å². The highest BCUT2D eigenvalue weighted by molar-refractivity contribution is 6.01. The van der Waals surface area contributed by atoms with E-state index in [2.05, 4.69) is 19.9 Å². The van der Waals surface area contributed by atoms with Gasteiger partial charge in [0.25, 0.3) is 0 Å². The summed E-state index contributed by atoms with van der Waals surface area (Å²) in [6.07, 6.45) is 0. The maximum absolute atomic E-state index is 13.6. The fourth-order valence-corrected chi connectivity index (χ4v) is 2.08. The van der Waals surface area contributed by atoms with E-state index in [0.717, 1.165) is 23.9 Å². The largest absolute Gasteiger partial charge is 0.464 e. The molecule has 0 radical (unpaired) electrons.